The Bertz CT molecular complexity index is 270. The van der Waals surface area contributed by atoms with Gasteiger partial charge < -0.3 is 10.6 Å². The third-order valence-corrected chi connectivity index (χ3v) is 3.00. The van der Waals surface area contributed by atoms with Crippen molar-refractivity contribution < 1.29 is 4.79 Å². The fraction of sp³-hybridized carbons (Fsp3) is 0.800. The molecular formula is C10H17ClN4O. The minimum Gasteiger partial charge on any atom is -0.362 e. The highest BCUT2D eigenvalue weighted by molar-refractivity contribution is 6.17. The van der Waals surface area contributed by atoms with E-state index in [1.165, 1.54) is 0 Å². The average molecular weight is 245 g/mol. The van der Waals surface area contributed by atoms with Crippen LogP contribution in [0.15, 0.2) is 0 Å². The summed E-state index contributed by atoms with van der Waals surface area (Å²) in [5.41, 5.74) is 5.17. The zero-order valence-electron chi connectivity index (χ0n) is 9.23. The normalized spacial score (nSPS) is 20.2. The summed E-state index contributed by atoms with van der Waals surface area (Å²) in [7, 11) is 0. The molecule has 16 heavy (non-hydrogen) atoms. The fourth-order valence-electron chi connectivity index (χ4n) is 1.84. The van der Waals surface area contributed by atoms with Crippen LogP contribution < -0.4 is 5.73 Å². The summed E-state index contributed by atoms with van der Waals surface area (Å²) in [5, 5.41) is 0. The number of halogens is 1. The van der Waals surface area contributed by atoms with Crippen LogP contribution in [0.4, 0.5) is 0 Å². The largest absolute Gasteiger partial charge is 0.362 e. The number of amides is 1. The summed E-state index contributed by atoms with van der Waals surface area (Å²) in [6.07, 6.45) is 0.180. The highest BCUT2D eigenvalue weighted by Gasteiger charge is 2.31. The van der Waals surface area contributed by atoms with Gasteiger partial charge in [-0.05, 0) is 13.0 Å². The first-order valence-corrected chi connectivity index (χ1v) is 5.90. The summed E-state index contributed by atoms with van der Waals surface area (Å²) in [4.78, 5) is 18.4. The predicted molar refractivity (Wildman–Crippen MR) is 62.9 cm³/mol. The molecule has 2 N–H and O–H groups in total. The molecule has 1 amide bonds. The molecule has 0 aromatic rings. The SMILES string of the molecule is [C-]#[N+]C(C(N)=O)N1CCN(CCCCl)CC1. The Morgan fingerprint density at radius 1 is 1.44 bits per heavy atom. The standard InChI is InChI=1S/C10H17ClN4O/c1-13-10(9(12)16)15-7-5-14(6-8-15)4-2-3-11/h10H,2-8H2,(H2,12,16). The van der Waals surface area contributed by atoms with E-state index in [0.29, 0.717) is 5.88 Å². The summed E-state index contributed by atoms with van der Waals surface area (Å²) >= 11 is 5.63. The molecule has 1 unspecified atom stereocenters. The molecule has 1 aliphatic rings. The molecule has 5 nitrogen and oxygen atoms in total. The van der Waals surface area contributed by atoms with Crippen molar-refractivity contribution in [1.29, 1.82) is 0 Å². The molecule has 1 heterocycles. The van der Waals surface area contributed by atoms with Crippen molar-refractivity contribution in [2.24, 2.45) is 5.73 Å². The van der Waals surface area contributed by atoms with Gasteiger partial charge in [-0.3, -0.25) is 9.64 Å². The van der Waals surface area contributed by atoms with Gasteiger partial charge in [0, 0.05) is 32.1 Å². The number of hydrogen-bond acceptors (Lipinski definition) is 3. The summed E-state index contributed by atoms with van der Waals surface area (Å²) in [6, 6.07) is 0. The van der Waals surface area contributed by atoms with Gasteiger partial charge in [-0.1, -0.05) is 0 Å². The first-order chi connectivity index (χ1) is 7.69. The molecule has 90 valence electrons. The number of rotatable bonds is 5. The zero-order chi connectivity index (χ0) is 12.0. The average Bonchev–Trinajstić information content (AvgIpc) is 2.28. The van der Waals surface area contributed by atoms with Crippen molar-refractivity contribution in [2.75, 3.05) is 38.6 Å². The molecule has 0 radical (unpaired) electrons. The lowest BCUT2D eigenvalue weighted by molar-refractivity contribution is -0.122. The Labute approximate surface area is 101 Å². The van der Waals surface area contributed by atoms with Crippen LogP contribution in [-0.4, -0.2) is 60.5 Å². The van der Waals surface area contributed by atoms with Crippen LogP contribution in [0.25, 0.3) is 4.85 Å². The van der Waals surface area contributed by atoms with Crippen LogP contribution in [0.3, 0.4) is 0 Å². The maximum atomic E-state index is 11.0. The molecule has 1 fully saturated rings. The number of nitrogens with two attached hydrogens (primary N) is 1. The Morgan fingerprint density at radius 3 is 2.50 bits per heavy atom. The third-order valence-electron chi connectivity index (χ3n) is 2.74. The van der Waals surface area contributed by atoms with E-state index in [2.05, 4.69) is 9.74 Å². The van der Waals surface area contributed by atoms with E-state index in [-0.39, 0.29) is 0 Å². The van der Waals surface area contributed by atoms with Gasteiger partial charge in [0.25, 0.3) is 0 Å². The molecule has 0 bridgehead atoms. The van der Waals surface area contributed by atoms with E-state index in [9.17, 15) is 4.79 Å². The maximum absolute atomic E-state index is 11.0. The van der Waals surface area contributed by atoms with E-state index in [4.69, 9.17) is 23.9 Å². The number of carbonyl (C=O) groups is 1. The van der Waals surface area contributed by atoms with Crippen LogP contribution in [0, 0.1) is 6.57 Å². The fourth-order valence-corrected chi connectivity index (χ4v) is 1.96. The van der Waals surface area contributed by atoms with E-state index in [0.717, 1.165) is 39.1 Å². The molecule has 0 saturated carbocycles. The van der Waals surface area contributed by atoms with E-state index in [1.807, 2.05) is 4.90 Å². The Balaban J connectivity index is 2.36. The number of hydrogen-bond donors (Lipinski definition) is 1. The second-order valence-electron chi connectivity index (χ2n) is 3.83. The summed E-state index contributed by atoms with van der Waals surface area (Å²) < 4.78 is 0. The summed E-state index contributed by atoms with van der Waals surface area (Å²) in [5.74, 6) is 0.121. The van der Waals surface area contributed by atoms with Crippen LogP contribution in [0.2, 0.25) is 0 Å². The van der Waals surface area contributed by atoms with Gasteiger partial charge in [-0.25, -0.2) is 11.5 Å². The Morgan fingerprint density at radius 2 is 2.06 bits per heavy atom. The van der Waals surface area contributed by atoms with Gasteiger partial charge in [-0.15, -0.1) is 11.6 Å². The van der Waals surface area contributed by atoms with Crippen molar-refractivity contribution in [2.45, 2.75) is 12.6 Å². The number of alkyl halides is 1. The predicted octanol–water partition coefficient (Wildman–Crippen LogP) is -0.0364. The molecule has 0 aromatic heterocycles. The second kappa shape index (κ2) is 6.69. The van der Waals surface area contributed by atoms with Crippen molar-refractivity contribution >= 4 is 17.5 Å². The molecule has 1 rings (SSSR count). The Kier molecular flexibility index (Phi) is 5.53. The molecule has 0 aliphatic carbocycles. The number of carbonyl (C=O) groups excluding carboxylic acids is 1. The van der Waals surface area contributed by atoms with Gasteiger partial charge in [0.15, 0.2) is 0 Å². The maximum Gasteiger partial charge on any atom is 0.357 e. The third kappa shape index (κ3) is 3.63. The quantitative estimate of drug-likeness (QED) is 0.546. The van der Waals surface area contributed by atoms with Gasteiger partial charge in [0.05, 0.1) is 0 Å². The van der Waals surface area contributed by atoms with Crippen molar-refractivity contribution in [1.82, 2.24) is 9.80 Å². The van der Waals surface area contributed by atoms with Crippen molar-refractivity contribution in [3.05, 3.63) is 11.4 Å². The summed E-state index contributed by atoms with van der Waals surface area (Å²) in [6.45, 7) is 11.1. The zero-order valence-corrected chi connectivity index (χ0v) is 9.99. The molecule has 1 saturated heterocycles. The van der Waals surface area contributed by atoms with Crippen LogP contribution in [0.1, 0.15) is 6.42 Å². The molecule has 0 spiro atoms. The van der Waals surface area contributed by atoms with Crippen molar-refractivity contribution in [3.63, 3.8) is 0 Å². The van der Waals surface area contributed by atoms with Crippen molar-refractivity contribution in [3.8, 4) is 0 Å². The number of primary amides is 1. The van der Waals surface area contributed by atoms with E-state index >= 15 is 0 Å². The van der Waals surface area contributed by atoms with Gasteiger partial charge in [0.2, 0.25) is 0 Å². The molecule has 1 aliphatic heterocycles. The van der Waals surface area contributed by atoms with E-state index < -0.39 is 12.1 Å². The minimum atomic E-state index is -0.796. The topological polar surface area (TPSA) is 53.9 Å². The van der Waals surface area contributed by atoms with Crippen LogP contribution in [0.5, 0.6) is 0 Å². The number of nitrogens with zero attached hydrogens (tertiary/aromatic N) is 3. The lowest BCUT2D eigenvalue weighted by atomic mass is 10.2. The molecule has 0 aromatic carbocycles. The van der Waals surface area contributed by atoms with Gasteiger partial charge >= 0.3 is 12.1 Å². The molecule has 6 heteroatoms. The van der Waals surface area contributed by atoms with Gasteiger partial charge in [0.1, 0.15) is 0 Å². The monoisotopic (exact) mass is 244 g/mol. The van der Waals surface area contributed by atoms with E-state index in [1.54, 1.807) is 0 Å². The smallest absolute Gasteiger partial charge is 0.357 e. The molecule has 1 atom stereocenters. The first-order valence-electron chi connectivity index (χ1n) is 5.37. The lowest BCUT2D eigenvalue weighted by Gasteiger charge is -2.33. The van der Waals surface area contributed by atoms with Gasteiger partial charge in [-0.2, -0.15) is 0 Å². The van der Waals surface area contributed by atoms with Crippen LogP contribution in [-0.2, 0) is 4.79 Å². The number of piperazine rings is 1. The molecular weight excluding hydrogens is 228 g/mol. The first kappa shape index (κ1) is 13.2. The van der Waals surface area contributed by atoms with Crippen LogP contribution >= 0.6 is 11.6 Å². The Hall–Kier alpha value is -0.830. The highest BCUT2D eigenvalue weighted by atomic mass is 35.5. The minimum absolute atomic E-state index is 0.552. The second-order valence-corrected chi connectivity index (χ2v) is 4.20. The lowest BCUT2D eigenvalue weighted by Crippen LogP contribution is -2.53. The highest BCUT2D eigenvalue weighted by Crippen LogP contribution is 2.08.